The van der Waals surface area contributed by atoms with E-state index in [1.807, 2.05) is 30.3 Å². The van der Waals surface area contributed by atoms with Gasteiger partial charge in [0.1, 0.15) is 28.2 Å². The number of benzene rings is 3. The highest BCUT2D eigenvalue weighted by Gasteiger charge is 2.18. The van der Waals surface area contributed by atoms with Gasteiger partial charge in [0, 0.05) is 29.1 Å². The maximum atomic E-state index is 12.6. The molecule has 2 aromatic heterocycles. The summed E-state index contributed by atoms with van der Waals surface area (Å²) >= 11 is 0. The van der Waals surface area contributed by atoms with Crippen molar-refractivity contribution in [3.8, 4) is 11.5 Å². The largest absolute Gasteiger partial charge is 0.495 e. The number of rotatable bonds is 6. The van der Waals surface area contributed by atoms with Gasteiger partial charge in [0.25, 0.3) is 11.6 Å². The van der Waals surface area contributed by atoms with Crippen LogP contribution in [-0.4, -0.2) is 29.5 Å². The highest BCUT2D eigenvalue weighted by atomic mass is 16.6. The predicted octanol–water partition coefficient (Wildman–Crippen LogP) is 5.07. The van der Waals surface area contributed by atoms with Gasteiger partial charge in [0.05, 0.1) is 23.1 Å². The van der Waals surface area contributed by atoms with Crippen molar-refractivity contribution in [3.05, 3.63) is 77.0 Å². The molecule has 0 saturated carbocycles. The number of fused-ring (bicyclic) bond motifs is 4. The zero-order valence-electron chi connectivity index (χ0n) is 17.4. The van der Waals surface area contributed by atoms with E-state index >= 15 is 0 Å². The summed E-state index contributed by atoms with van der Waals surface area (Å²) in [6, 6.07) is 17.1. The number of hydrogen-bond acceptors (Lipinski definition) is 7. The highest BCUT2D eigenvalue weighted by Crippen LogP contribution is 2.36. The second-order valence-electron chi connectivity index (χ2n) is 7.22. The van der Waals surface area contributed by atoms with E-state index in [1.165, 1.54) is 25.4 Å². The van der Waals surface area contributed by atoms with Gasteiger partial charge < -0.3 is 19.2 Å². The number of anilines is 1. The summed E-state index contributed by atoms with van der Waals surface area (Å²) < 4.78 is 17.0. The van der Waals surface area contributed by atoms with E-state index in [-0.39, 0.29) is 18.0 Å². The van der Waals surface area contributed by atoms with Gasteiger partial charge >= 0.3 is 0 Å². The number of amides is 1. The molecule has 0 aliphatic heterocycles. The molecule has 0 aliphatic carbocycles. The Morgan fingerprint density at radius 1 is 1.03 bits per heavy atom. The van der Waals surface area contributed by atoms with E-state index in [4.69, 9.17) is 13.9 Å². The third kappa shape index (κ3) is 3.65. The van der Waals surface area contributed by atoms with Crippen molar-refractivity contribution in [1.82, 2.24) is 4.98 Å². The Kier molecular flexibility index (Phi) is 4.98. The zero-order valence-corrected chi connectivity index (χ0v) is 17.4. The Labute approximate surface area is 186 Å². The molecule has 5 rings (SSSR count). The second kappa shape index (κ2) is 8.12. The molecule has 0 spiro atoms. The van der Waals surface area contributed by atoms with Crippen LogP contribution in [0.4, 0.5) is 11.4 Å². The number of nitrogens with one attached hydrogen (secondary N) is 1. The van der Waals surface area contributed by atoms with Crippen LogP contribution in [0.5, 0.6) is 11.5 Å². The van der Waals surface area contributed by atoms with Crippen LogP contribution in [0.3, 0.4) is 0 Å². The van der Waals surface area contributed by atoms with Gasteiger partial charge in [0.2, 0.25) is 0 Å². The molecule has 0 fully saturated rings. The average molecular weight is 443 g/mol. The zero-order chi connectivity index (χ0) is 22.9. The highest BCUT2D eigenvalue weighted by molar-refractivity contribution is 6.07. The topological polar surface area (TPSA) is 117 Å². The normalized spacial score (nSPS) is 11.1. The standard InChI is InChI=1S/C24H17N3O6/c1-31-22-11-16-14-5-2-3-7-19(14)33-21(16)12-17(22)26-23(28)13-32-20-9-8-18(27(29)30)15-6-4-10-25-24(15)20/h2-12H,13H2,1H3,(H,26,28). The first kappa shape index (κ1) is 20.3. The summed E-state index contributed by atoms with van der Waals surface area (Å²) in [4.78, 5) is 27.6. The van der Waals surface area contributed by atoms with Gasteiger partial charge in [0.15, 0.2) is 6.61 Å². The van der Waals surface area contributed by atoms with Crippen LogP contribution in [0, 0.1) is 10.1 Å². The number of ether oxygens (including phenoxy) is 2. The maximum Gasteiger partial charge on any atom is 0.279 e. The summed E-state index contributed by atoms with van der Waals surface area (Å²) in [5.74, 6) is 0.308. The molecule has 0 aliphatic rings. The molecule has 33 heavy (non-hydrogen) atoms. The molecule has 0 saturated heterocycles. The molecular weight excluding hydrogens is 426 g/mol. The van der Waals surface area contributed by atoms with E-state index < -0.39 is 10.8 Å². The van der Waals surface area contributed by atoms with Gasteiger partial charge in [-0.3, -0.25) is 19.9 Å². The van der Waals surface area contributed by atoms with E-state index in [0.29, 0.717) is 27.9 Å². The summed E-state index contributed by atoms with van der Waals surface area (Å²) in [7, 11) is 1.52. The van der Waals surface area contributed by atoms with Gasteiger partial charge in [-0.2, -0.15) is 0 Å². The molecule has 0 atom stereocenters. The number of methoxy groups -OCH3 is 1. The third-order valence-electron chi connectivity index (χ3n) is 5.24. The smallest absolute Gasteiger partial charge is 0.279 e. The van der Waals surface area contributed by atoms with Crippen LogP contribution >= 0.6 is 0 Å². The summed E-state index contributed by atoms with van der Waals surface area (Å²) in [6.07, 6.45) is 1.51. The Morgan fingerprint density at radius 3 is 2.67 bits per heavy atom. The summed E-state index contributed by atoms with van der Waals surface area (Å²) in [5, 5.41) is 16.2. The van der Waals surface area contributed by atoms with Gasteiger partial charge in [-0.1, -0.05) is 18.2 Å². The Morgan fingerprint density at radius 2 is 1.85 bits per heavy atom. The van der Waals surface area contributed by atoms with E-state index in [0.717, 1.165) is 16.4 Å². The first-order chi connectivity index (χ1) is 16.0. The Balaban J connectivity index is 1.39. The lowest BCUT2D eigenvalue weighted by atomic mass is 10.1. The molecule has 0 radical (unpaired) electrons. The van der Waals surface area contributed by atoms with E-state index in [1.54, 1.807) is 18.2 Å². The number of nitro benzene ring substituents is 1. The third-order valence-corrected chi connectivity index (χ3v) is 5.24. The molecule has 9 heteroatoms. The lowest BCUT2D eigenvalue weighted by Crippen LogP contribution is -2.20. The number of furan rings is 1. The monoisotopic (exact) mass is 443 g/mol. The summed E-state index contributed by atoms with van der Waals surface area (Å²) in [6.45, 7) is -0.329. The molecule has 9 nitrogen and oxygen atoms in total. The fraction of sp³-hybridized carbons (Fsp3) is 0.0833. The number of carbonyl (C=O) groups is 1. The number of carbonyl (C=O) groups excluding carboxylic acids is 1. The minimum atomic E-state index is -0.485. The van der Waals surface area contributed by atoms with Gasteiger partial charge in [-0.15, -0.1) is 0 Å². The molecule has 5 aromatic rings. The van der Waals surface area contributed by atoms with Crippen LogP contribution in [0.15, 0.2) is 71.3 Å². The first-order valence-electron chi connectivity index (χ1n) is 9.99. The summed E-state index contributed by atoms with van der Waals surface area (Å²) in [5.41, 5.74) is 2.00. The van der Waals surface area contributed by atoms with Gasteiger partial charge in [-0.05, 0) is 30.3 Å². The van der Waals surface area contributed by atoms with Crippen molar-refractivity contribution in [3.63, 3.8) is 0 Å². The van der Waals surface area contributed by atoms with Crippen LogP contribution < -0.4 is 14.8 Å². The Hall–Kier alpha value is -4.66. The van der Waals surface area contributed by atoms with Crippen LogP contribution in [0.2, 0.25) is 0 Å². The second-order valence-corrected chi connectivity index (χ2v) is 7.22. The predicted molar refractivity (Wildman–Crippen MR) is 123 cm³/mol. The number of para-hydroxylation sites is 1. The molecular formula is C24H17N3O6. The number of hydrogen-bond donors (Lipinski definition) is 1. The van der Waals surface area contributed by atoms with Gasteiger partial charge in [-0.25, -0.2) is 0 Å². The van der Waals surface area contributed by atoms with Crippen LogP contribution in [0.1, 0.15) is 0 Å². The number of nitrogens with zero attached hydrogens (tertiary/aromatic N) is 2. The number of nitro groups is 1. The molecule has 2 heterocycles. The molecule has 1 N–H and O–H groups in total. The van der Waals surface area contributed by atoms with Crippen molar-refractivity contribution < 1.29 is 23.6 Å². The van der Waals surface area contributed by atoms with E-state index in [2.05, 4.69) is 10.3 Å². The minimum Gasteiger partial charge on any atom is -0.495 e. The quantitative estimate of drug-likeness (QED) is 0.288. The SMILES string of the molecule is COc1cc2c(cc1NC(=O)COc1ccc([N+](=O)[O-])c3cccnc13)oc1ccccc12. The molecule has 0 bridgehead atoms. The first-order valence-corrected chi connectivity index (χ1v) is 9.99. The number of non-ortho nitro benzene ring substituents is 1. The lowest BCUT2D eigenvalue weighted by Gasteiger charge is -2.12. The van der Waals surface area contributed by atoms with E-state index in [9.17, 15) is 14.9 Å². The minimum absolute atomic E-state index is 0.0845. The maximum absolute atomic E-state index is 12.6. The molecule has 3 aromatic carbocycles. The fourth-order valence-corrected chi connectivity index (χ4v) is 3.75. The van der Waals surface area contributed by atoms with Crippen molar-refractivity contribution >= 4 is 50.1 Å². The average Bonchev–Trinajstić information content (AvgIpc) is 3.19. The van der Waals surface area contributed by atoms with Crippen LogP contribution in [0.25, 0.3) is 32.8 Å². The number of aromatic nitrogens is 1. The van der Waals surface area contributed by atoms with Crippen LogP contribution in [-0.2, 0) is 4.79 Å². The lowest BCUT2D eigenvalue weighted by molar-refractivity contribution is -0.383. The molecule has 164 valence electrons. The van der Waals surface area contributed by atoms with Crippen molar-refractivity contribution in [1.29, 1.82) is 0 Å². The van der Waals surface area contributed by atoms with Crippen molar-refractivity contribution in [2.45, 2.75) is 0 Å². The molecule has 0 unspecified atom stereocenters. The fourth-order valence-electron chi connectivity index (χ4n) is 3.75. The Bertz CT molecular complexity index is 1540. The van der Waals surface area contributed by atoms with Crippen molar-refractivity contribution in [2.75, 3.05) is 19.0 Å². The number of pyridine rings is 1. The van der Waals surface area contributed by atoms with Crippen molar-refractivity contribution in [2.24, 2.45) is 0 Å². The molecule has 1 amide bonds.